The number of carbonyl (C=O) groups is 1. The van der Waals surface area contributed by atoms with Crippen molar-refractivity contribution in [3.05, 3.63) is 70.0 Å². The minimum atomic E-state index is -0.101. The molecule has 4 nitrogen and oxygen atoms in total. The number of aromatic hydroxyl groups is 1. The van der Waals surface area contributed by atoms with Gasteiger partial charge in [0.2, 0.25) is 0 Å². The predicted molar refractivity (Wildman–Crippen MR) is 141 cm³/mol. The van der Waals surface area contributed by atoms with E-state index >= 15 is 0 Å². The SMILES string of the molecule is CCc1c(Br)cc(C(=NC)c2c(O)[nH]c(-c3cc(Br)c(CC)c(Br)c3)c2C=O)cc1Br. The van der Waals surface area contributed by atoms with Crippen LogP contribution >= 0.6 is 63.7 Å². The van der Waals surface area contributed by atoms with E-state index in [0.29, 0.717) is 22.5 Å². The van der Waals surface area contributed by atoms with Crippen molar-refractivity contribution in [2.75, 3.05) is 7.05 Å². The molecule has 0 atom stereocenters. The zero-order valence-corrected chi connectivity index (χ0v) is 23.5. The Morgan fingerprint density at radius 2 is 1.45 bits per heavy atom. The highest BCUT2D eigenvalue weighted by atomic mass is 79.9. The van der Waals surface area contributed by atoms with Crippen LogP contribution in [0.1, 0.15) is 46.5 Å². The summed E-state index contributed by atoms with van der Waals surface area (Å²) in [7, 11) is 1.65. The van der Waals surface area contributed by atoms with E-state index in [-0.39, 0.29) is 5.88 Å². The number of H-pyrrole nitrogens is 1. The number of hydrogen-bond acceptors (Lipinski definition) is 3. The molecule has 0 aliphatic carbocycles. The first-order chi connectivity index (χ1) is 14.8. The van der Waals surface area contributed by atoms with E-state index in [9.17, 15) is 9.90 Å². The number of nitrogens with zero attached hydrogens (tertiary/aromatic N) is 1. The summed E-state index contributed by atoms with van der Waals surface area (Å²) in [4.78, 5) is 19.6. The van der Waals surface area contributed by atoms with Crippen LogP contribution in [0.15, 0.2) is 47.1 Å². The third-order valence-corrected chi connectivity index (χ3v) is 7.98. The van der Waals surface area contributed by atoms with Crippen LogP contribution in [0.4, 0.5) is 0 Å². The van der Waals surface area contributed by atoms with Gasteiger partial charge in [0.25, 0.3) is 0 Å². The second kappa shape index (κ2) is 10.1. The van der Waals surface area contributed by atoms with Gasteiger partial charge < -0.3 is 10.1 Å². The molecular weight excluding hydrogens is 656 g/mol. The van der Waals surface area contributed by atoms with Crippen molar-refractivity contribution in [1.29, 1.82) is 0 Å². The molecule has 0 aliphatic rings. The average Bonchev–Trinajstić information content (AvgIpc) is 3.04. The van der Waals surface area contributed by atoms with Crippen LogP contribution in [-0.2, 0) is 12.8 Å². The lowest BCUT2D eigenvalue weighted by atomic mass is 9.97. The number of halogens is 4. The quantitative estimate of drug-likeness (QED) is 0.207. The summed E-state index contributed by atoms with van der Waals surface area (Å²) < 4.78 is 3.73. The van der Waals surface area contributed by atoms with E-state index < -0.39 is 0 Å². The first kappa shape index (κ1) is 24.4. The largest absolute Gasteiger partial charge is 0.494 e. The van der Waals surface area contributed by atoms with Crippen LogP contribution in [0.25, 0.3) is 11.3 Å². The second-order valence-corrected chi connectivity index (χ2v) is 10.3. The molecule has 2 aromatic carbocycles. The van der Waals surface area contributed by atoms with Crippen molar-refractivity contribution in [3.8, 4) is 17.1 Å². The summed E-state index contributed by atoms with van der Waals surface area (Å²) >= 11 is 14.5. The van der Waals surface area contributed by atoms with Gasteiger partial charge in [0.15, 0.2) is 12.2 Å². The number of rotatable bonds is 6. The van der Waals surface area contributed by atoms with Crippen LogP contribution in [-0.4, -0.2) is 29.1 Å². The number of aromatic amines is 1. The summed E-state index contributed by atoms with van der Waals surface area (Å²) in [5.41, 5.74) is 5.62. The lowest BCUT2D eigenvalue weighted by Crippen LogP contribution is -2.07. The van der Waals surface area contributed by atoms with E-state index in [0.717, 1.165) is 59.3 Å². The smallest absolute Gasteiger partial charge is 0.199 e. The third kappa shape index (κ3) is 4.63. The molecule has 3 rings (SSSR count). The van der Waals surface area contributed by atoms with Crippen molar-refractivity contribution < 1.29 is 9.90 Å². The maximum Gasteiger partial charge on any atom is 0.199 e. The third-order valence-electron chi connectivity index (χ3n) is 5.15. The van der Waals surface area contributed by atoms with Gasteiger partial charge in [-0.2, -0.15) is 0 Å². The highest BCUT2D eigenvalue weighted by Crippen LogP contribution is 2.38. The highest BCUT2D eigenvalue weighted by Gasteiger charge is 2.24. The lowest BCUT2D eigenvalue weighted by molar-refractivity contribution is 0.112. The predicted octanol–water partition coefficient (Wildman–Crippen LogP) is 7.84. The van der Waals surface area contributed by atoms with Gasteiger partial charge in [-0.15, -0.1) is 0 Å². The van der Waals surface area contributed by atoms with Crippen LogP contribution in [0, 0.1) is 0 Å². The van der Waals surface area contributed by atoms with Crippen molar-refractivity contribution in [1.82, 2.24) is 4.98 Å². The van der Waals surface area contributed by atoms with E-state index in [1.165, 1.54) is 0 Å². The molecule has 0 aliphatic heterocycles. The molecule has 3 aromatic rings. The van der Waals surface area contributed by atoms with Crippen molar-refractivity contribution in [3.63, 3.8) is 0 Å². The Kier molecular flexibility index (Phi) is 8.00. The molecule has 0 fully saturated rings. The molecule has 0 radical (unpaired) electrons. The fourth-order valence-corrected chi connectivity index (χ4v) is 7.13. The topological polar surface area (TPSA) is 65.5 Å². The van der Waals surface area contributed by atoms with Crippen molar-refractivity contribution in [2.45, 2.75) is 26.7 Å². The number of carbonyl (C=O) groups excluding carboxylic acids is 1. The Bertz CT molecular complexity index is 1150. The molecule has 0 saturated carbocycles. The second-order valence-electron chi connectivity index (χ2n) is 6.87. The molecular formula is C23H20Br4N2O2. The Morgan fingerprint density at radius 1 is 0.968 bits per heavy atom. The fraction of sp³-hybridized carbons (Fsp3) is 0.217. The Balaban J connectivity index is 2.22. The first-order valence-electron chi connectivity index (χ1n) is 9.61. The van der Waals surface area contributed by atoms with E-state index in [4.69, 9.17) is 0 Å². The molecule has 8 heteroatoms. The molecule has 2 N–H and O–H groups in total. The lowest BCUT2D eigenvalue weighted by Gasteiger charge is -2.12. The molecule has 1 heterocycles. The summed E-state index contributed by atoms with van der Waals surface area (Å²) in [6, 6.07) is 7.79. The van der Waals surface area contributed by atoms with Gasteiger partial charge in [0.05, 0.1) is 22.5 Å². The van der Waals surface area contributed by atoms with E-state index in [2.05, 4.69) is 87.5 Å². The van der Waals surface area contributed by atoms with Crippen LogP contribution in [0.5, 0.6) is 5.88 Å². The molecule has 162 valence electrons. The fourth-order valence-electron chi connectivity index (χ4n) is 3.63. The average molecular weight is 676 g/mol. The number of benzene rings is 2. The van der Waals surface area contributed by atoms with Crippen molar-refractivity contribution >= 4 is 75.7 Å². The summed E-state index contributed by atoms with van der Waals surface area (Å²) in [6.45, 7) is 4.15. The minimum Gasteiger partial charge on any atom is -0.494 e. The van der Waals surface area contributed by atoms with Gasteiger partial charge in [-0.05, 0) is 48.2 Å². The number of nitrogens with one attached hydrogen (secondary N) is 1. The molecule has 31 heavy (non-hydrogen) atoms. The van der Waals surface area contributed by atoms with Crippen molar-refractivity contribution in [2.24, 2.45) is 4.99 Å². The standard InChI is InChI=1S/C23H20Br4N2O2/c1-4-13-16(24)6-11(7-17(13)25)21-15(10-30)20(23(31)29-21)22(28-3)12-8-18(26)14(5-2)19(27)9-12/h6-10,29,31H,4-5H2,1-3H3. The Morgan fingerprint density at radius 3 is 1.87 bits per heavy atom. The summed E-state index contributed by atoms with van der Waals surface area (Å²) in [5, 5.41) is 10.8. The van der Waals surface area contributed by atoms with E-state index in [1.807, 2.05) is 24.3 Å². The number of aldehydes is 1. The van der Waals surface area contributed by atoms with Gasteiger partial charge in [-0.25, -0.2) is 0 Å². The zero-order chi connectivity index (χ0) is 22.9. The number of hydrogen-bond donors (Lipinski definition) is 2. The summed E-state index contributed by atoms with van der Waals surface area (Å²) in [6.07, 6.45) is 2.47. The molecule has 0 spiro atoms. The normalized spacial score (nSPS) is 11.8. The Labute approximate surface area is 215 Å². The zero-order valence-electron chi connectivity index (χ0n) is 17.1. The van der Waals surface area contributed by atoms with Gasteiger partial charge in [0, 0.05) is 36.1 Å². The number of aromatic nitrogens is 1. The highest BCUT2D eigenvalue weighted by molar-refractivity contribution is 9.11. The maximum absolute atomic E-state index is 12.2. The molecule has 0 saturated heterocycles. The molecule has 1 aromatic heterocycles. The van der Waals surface area contributed by atoms with Crippen LogP contribution < -0.4 is 0 Å². The van der Waals surface area contributed by atoms with E-state index in [1.54, 1.807) is 7.05 Å². The molecule has 0 unspecified atom stereocenters. The van der Waals surface area contributed by atoms with Gasteiger partial charge >= 0.3 is 0 Å². The van der Waals surface area contributed by atoms with Gasteiger partial charge in [0.1, 0.15) is 0 Å². The monoisotopic (exact) mass is 672 g/mol. The maximum atomic E-state index is 12.2. The number of aliphatic imine (C=N–C) groups is 1. The molecule has 0 amide bonds. The minimum absolute atomic E-state index is 0.101. The first-order valence-corrected chi connectivity index (χ1v) is 12.8. The molecule has 0 bridgehead atoms. The van der Waals surface area contributed by atoms with Crippen LogP contribution in [0.2, 0.25) is 0 Å². The summed E-state index contributed by atoms with van der Waals surface area (Å²) in [5.74, 6) is -0.101. The van der Waals surface area contributed by atoms with Gasteiger partial charge in [-0.1, -0.05) is 77.6 Å². The van der Waals surface area contributed by atoms with Gasteiger partial charge in [-0.3, -0.25) is 9.79 Å². The Hall–Kier alpha value is -1.22. The van der Waals surface area contributed by atoms with Crippen LogP contribution in [0.3, 0.4) is 0 Å².